The fourth-order valence-corrected chi connectivity index (χ4v) is 1.28. The Bertz CT molecular complexity index is 410. The molecule has 0 atom stereocenters. The van der Waals surface area contributed by atoms with E-state index < -0.39 is 5.97 Å². The van der Waals surface area contributed by atoms with Crippen molar-refractivity contribution in [3.8, 4) is 5.75 Å². The van der Waals surface area contributed by atoms with Crippen LogP contribution in [0.2, 0.25) is 0 Å². The van der Waals surface area contributed by atoms with Crippen LogP contribution in [-0.2, 0) is 4.79 Å². The van der Waals surface area contributed by atoms with Crippen molar-refractivity contribution in [2.75, 3.05) is 7.11 Å². The van der Waals surface area contributed by atoms with Gasteiger partial charge in [0.2, 0.25) is 0 Å². The number of carbonyl (C=O) groups is 1. The number of aliphatic carboxylic acids is 1. The molecule has 0 amide bonds. The second-order valence-corrected chi connectivity index (χ2v) is 3.46. The van der Waals surface area contributed by atoms with Crippen LogP contribution < -0.4 is 4.74 Å². The molecule has 4 heteroatoms. The fourth-order valence-electron chi connectivity index (χ4n) is 1.15. The Morgan fingerprint density at radius 1 is 1.47 bits per heavy atom. The highest BCUT2D eigenvalue weighted by atomic mass is 32.1. The van der Waals surface area contributed by atoms with Crippen LogP contribution in [0.25, 0.3) is 5.57 Å². The third kappa shape index (κ3) is 2.76. The normalized spacial score (nSPS) is 11.9. The first kappa shape index (κ1) is 11.7. The van der Waals surface area contributed by atoms with Crippen LogP contribution in [0.3, 0.4) is 0 Å². The Balaban J connectivity index is 3.16. The molecule has 15 heavy (non-hydrogen) atoms. The maximum Gasteiger partial charge on any atom is 0.342 e. The zero-order valence-corrected chi connectivity index (χ0v) is 9.41. The lowest BCUT2D eigenvalue weighted by molar-refractivity contribution is -0.131. The highest BCUT2D eigenvalue weighted by Crippen LogP contribution is 2.24. The number of hydrogen-bond donors (Lipinski definition) is 2. The molecule has 1 N–H and O–H groups in total. The molecule has 80 valence electrons. The highest BCUT2D eigenvalue weighted by molar-refractivity contribution is 7.85. The minimum Gasteiger partial charge on any atom is -0.497 e. The lowest BCUT2D eigenvalue weighted by Crippen LogP contribution is -1.97. The number of ether oxygens (including phenoxy) is 1. The maximum atomic E-state index is 10.7. The van der Waals surface area contributed by atoms with Crippen LogP contribution >= 0.6 is 12.6 Å². The zero-order chi connectivity index (χ0) is 11.4. The van der Waals surface area contributed by atoms with Crippen LogP contribution in [0.1, 0.15) is 12.5 Å². The van der Waals surface area contributed by atoms with E-state index >= 15 is 0 Å². The SMILES string of the molecule is COc1cccc(C(C)=C(S)C(=O)O)c1. The van der Waals surface area contributed by atoms with Crippen molar-refractivity contribution in [1.29, 1.82) is 0 Å². The molecule has 0 radical (unpaired) electrons. The van der Waals surface area contributed by atoms with Gasteiger partial charge in [-0.05, 0) is 30.2 Å². The quantitative estimate of drug-likeness (QED) is 0.612. The molecule has 0 aromatic heterocycles. The van der Waals surface area contributed by atoms with E-state index in [0.717, 1.165) is 5.56 Å². The summed E-state index contributed by atoms with van der Waals surface area (Å²) in [5.74, 6) is -0.336. The molecule has 1 rings (SSSR count). The van der Waals surface area contributed by atoms with Gasteiger partial charge in [0.25, 0.3) is 0 Å². The van der Waals surface area contributed by atoms with Gasteiger partial charge in [-0.15, -0.1) is 12.6 Å². The fraction of sp³-hybridized carbons (Fsp3) is 0.182. The van der Waals surface area contributed by atoms with Gasteiger partial charge in [-0.25, -0.2) is 4.79 Å². The number of methoxy groups -OCH3 is 1. The first-order chi connectivity index (χ1) is 7.06. The number of allylic oxidation sites excluding steroid dienone is 1. The molecule has 0 spiro atoms. The van der Waals surface area contributed by atoms with E-state index in [9.17, 15) is 4.79 Å². The molecule has 0 aliphatic heterocycles. The number of hydrogen-bond acceptors (Lipinski definition) is 3. The molecular formula is C11H12O3S. The third-order valence-electron chi connectivity index (χ3n) is 2.06. The molecule has 0 bridgehead atoms. The molecule has 3 nitrogen and oxygen atoms in total. The van der Waals surface area contributed by atoms with Crippen molar-refractivity contribution in [3.63, 3.8) is 0 Å². The maximum absolute atomic E-state index is 10.7. The summed E-state index contributed by atoms with van der Waals surface area (Å²) >= 11 is 3.93. The lowest BCUT2D eigenvalue weighted by Gasteiger charge is -2.06. The Morgan fingerprint density at radius 3 is 2.67 bits per heavy atom. The van der Waals surface area contributed by atoms with Gasteiger partial charge < -0.3 is 9.84 Å². The van der Waals surface area contributed by atoms with Gasteiger partial charge in [-0.2, -0.15) is 0 Å². The van der Waals surface area contributed by atoms with Crippen molar-refractivity contribution in [2.24, 2.45) is 0 Å². The largest absolute Gasteiger partial charge is 0.497 e. The van der Waals surface area contributed by atoms with Gasteiger partial charge in [0.05, 0.1) is 12.0 Å². The average Bonchev–Trinajstić information content (AvgIpc) is 2.27. The topological polar surface area (TPSA) is 46.5 Å². The molecule has 0 fully saturated rings. The Morgan fingerprint density at radius 2 is 2.13 bits per heavy atom. The van der Waals surface area contributed by atoms with Crippen molar-refractivity contribution in [2.45, 2.75) is 6.92 Å². The molecule has 0 heterocycles. The average molecular weight is 224 g/mol. The van der Waals surface area contributed by atoms with E-state index in [-0.39, 0.29) is 4.91 Å². The Labute approximate surface area is 93.8 Å². The predicted octanol–water partition coefficient (Wildman–Crippen LogP) is 2.44. The highest BCUT2D eigenvalue weighted by Gasteiger charge is 2.08. The number of carboxylic acid groups (broad SMARTS) is 1. The Hall–Kier alpha value is -1.42. The van der Waals surface area contributed by atoms with Crippen LogP contribution in [0.4, 0.5) is 0 Å². The minimum absolute atomic E-state index is 0.0447. The number of rotatable bonds is 3. The Kier molecular flexibility index (Phi) is 3.80. The van der Waals surface area contributed by atoms with E-state index in [1.54, 1.807) is 32.2 Å². The predicted molar refractivity (Wildman–Crippen MR) is 62.2 cm³/mol. The first-order valence-electron chi connectivity index (χ1n) is 4.34. The smallest absolute Gasteiger partial charge is 0.342 e. The van der Waals surface area contributed by atoms with Crippen LogP contribution in [-0.4, -0.2) is 18.2 Å². The molecule has 0 saturated carbocycles. The summed E-state index contributed by atoms with van der Waals surface area (Å²) in [6.45, 7) is 1.71. The van der Waals surface area contributed by atoms with Gasteiger partial charge in [0, 0.05) is 0 Å². The molecule has 0 aliphatic carbocycles. The van der Waals surface area contributed by atoms with Gasteiger partial charge in [0.15, 0.2) is 0 Å². The van der Waals surface area contributed by atoms with Gasteiger partial charge >= 0.3 is 5.97 Å². The van der Waals surface area contributed by atoms with Crippen molar-refractivity contribution >= 4 is 24.2 Å². The van der Waals surface area contributed by atoms with Crippen molar-refractivity contribution in [1.82, 2.24) is 0 Å². The monoisotopic (exact) mass is 224 g/mol. The van der Waals surface area contributed by atoms with E-state index in [0.29, 0.717) is 11.3 Å². The summed E-state index contributed by atoms with van der Waals surface area (Å²) in [6.07, 6.45) is 0. The van der Waals surface area contributed by atoms with Gasteiger partial charge in [-0.1, -0.05) is 12.1 Å². The van der Waals surface area contributed by atoms with Gasteiger partial charge in [-0.3, -0.25) is 0 Å². The molecule has 1 aromatic carbocycles. The zero-order valence-electron chi connectivity index (χ0n) is 8.52. The standard InChI is InChI=1S/C11H12O3S/c1-7(10(15)11(12)13)8-4-3-5-9(6-8)14-2/h3-6,15H,1-2H3,(H,12,13). The van der Waals surface area contributed by atoms with E-state index in [1.165, 1.54) is 0 Å². The second-order valence-electron chi connectivity index (χ2n) is 3.01. The van der Waals surface area contributed by atoms with Crippen molar-refractivity contribution < 1.29 is 14.6 Å². The van der Waals surface area contributed by atoms with E-state index in [1.807, 2.05) is 6.07 Å². The van der Waals surface area contributed by atoms with Crippen LogP contribution in [0, 0.1) is 0 Å². The summed E-state index contributed by atoms with van der Waals surface area (Å²) in [6, 6.07) is 7.20. The third-order valence-corrected chi connectivity index (χ3v) is 2.59. The second kappa shape index (κ2) is 4.89. The van der Waals surface area contributed by atoms with Crippen LogP contribution in [0.5, 0.6) is 5.75 Å². The van der Waals surface area contributed by atoms with E-state index in [4.69, 9.17) is 9.84 Å². The number of thiol groups is 1. The molecule has 0 aliphatic rings. The summed E-state index contributed by atoms with van der Waals surface area (Å²) < 4.78 is 5.05. The van der Waals surface area contributed by atoms with E-state index in [2.05, 4.69) is 12.6 Å². The molecule has 0 unspecified atom stereocenters. The molecule has 1 aromatic rings. The van der Waals surface area contributed by atoms with Crippen LogP contribution in [0.15, 0.2) is 29.2 Å². The summed E-state index contributed by atoms with van der Waals surface area (Å²) in [7, 11) is 1.57. The minimum atomic E-state index is -1.03. The first-order valence-corrected chi connectivity index (χ1v) is 4.78. The molecule has 0 saturated heterocycles. The van der Waals surface area contributed by atoms with Gasteiger partial charge in [0.1, 0.15) is 5.75 Å². The van der Waals surface area contributed by atoms with Crippen molar-refractivity contribution in [3.05, 3.63) is 34.7 Å². The summed E-state index contributed by atoms with van der Waals surface area (Å²) in [4.78, 5) is 10.7. The molecular weight excluding hydrogens is 212 g/mol. The number of carboxylic acids is 1. The number of benzene rings is 1. The summed E-state index contributed by atoms with van der Waals surface area (Å²) in [5.41, 5.74) is 1.41. The summed E-state index contributed by atoms with van der Waals surface area (Å²) in [5, 5.41) is 8.77. The lowest BCUT2D eigenvalue weighted by atomic mass is 10.1.